The van der Waals surface area contributed by atoms with Crippen LogP contribution in [0.1, 0.15) is 30.0 Å². The highest BCUT2D eigenvalue weighted by atomic mass is 16.5. The molecule has 5 aromatic rings. The number of ether oxygens (including phenoxy) is 1. The summed E-state index contributed by atoms with van der Waals surface area (Å²) in [5, 5.41) is 4.91. The van der Waals surface area contributed by atoms with Crippen LogP contribution in [0.2, 0.25) is 0 Å². The number of H-pyrrole nitrogens is 1. The van der Waals surface area contributed by atoms with Crippen LogP contribution in [0, 0.1) is 13.8 Å². The average molecular weight is 414 g/mol. The van der Waals surface area contributed by atoms with Crippen molar-refractivity contribution < 1.29 is 9.26 Å². The maximum absolute atomic E-state index is 12.9. The fourth-order valence-electron chi connectivity index (χ4n) is 4.32. The van der Waals surface area contributed by atoms with Gasteiger partial charge in [-0.05, 0) is 38.5 Å². The van der Waals surface area contributed by atoms with Crippen molar-refractivity contribution in [1.82, 2.24) is 19.7 Å². The first-order valence-electron chi connectivity index (χ1n) is 10.1. The standard InChI is InChI=1S/C24H22N4O3/c1-13-22(15(3)31-27-13)18-10-19-17(11-21(18)30-4)23-20(12-25-19)26-24(29)28(23)14(2)16-8-6-5-7-9-16/h5-12,14H,1-4H3,(H,26,29)/t14-/m1/s1. The highest BCUT2D eigenvalue weighted by molar-refractivity contribution is 6.04. The smallest absolute Gasteiger partial charge is 0.327 e. The lowest BCUT2D eigenvalue weighted by Crippen LogP contribution is -2.21. The minimum Gasteiger partial charge on any atom is -0.496 e. The van der Waals surface area contributed by atoms with Crippen molar-refractivity contribution in [2.45, 2.75) is 26.8 Å². The Hall–Kier alpha value is -3.87. The van der Waals surface area contributed by atoms with E-state index in [0.717, 1.165) is 38.8 Å². The fraction of sp³-hybridized carbons (Fsp3) is 0.208. The molecule has 3 aromatic heterocycles. The summed E-state index contributed by atoms with van der Waals surface area (Å²) in [7, 11) is 1.63. The molecule has 0 bridgehead atoms. The number of hydrogen-bond acceptors (Lipinski definition) is 5. The number of rotatable bonds is 4. The van der Waals surface area contributed by atoms with Crippen molar-refractivity contribution in [2.24, 2.45) is 0 Å². The largest absolute Gasteiger partial charge is 0.496 e. The lowest BCUT2D eigenvalue weighted by Gasteiger charge is -2.16. The molecule has 0 saturated carbocycles. The Kier molecular flexibility index (Phi) is 4.39. The Balaban J connectivity index is 1.82. The van der Waals surface area contributed by atoms with Crippen molar-refractivity contribution in [3.63, 3.8) is 0 Å². The molecule has 0 aliphatic rings. The van der Waals surface area contributed by atoms with Crippen LogP contribution in [0.4, 0.5) is 0 Å². The third-order valence-corrected chi connectivity index (χ3v) is 5.83. The maximum Gasteiger partial charge on any atom is 0.327 e. The quantitative estimate of drug-likeness (QED) is 0.458. The highest BCUT2D eigenvalue weighted by Crippen LogP contribution is 2.39. The van der Waals surface area contributed by atoms with Gasteiger partial charge in [0.2, 0.25) is 0 Å². The van der Waals surface area contributed by atoms with E-state index in [9.17, 15) is 4.79 Å². The van der Waals surface area contributed by atoms with Gasteiger partial charge in [0.05, 0.1) is 47.2 Å². The van der Waals surface area contributed by atoms with Gasteiger partial charge in [0.25, 0.3) is 0 Å². The van der Waals surface area contributed by atoms with E-state index in [1.165, 1.54) is 0 Å². The molecular formula is C24H22N4O3. The van der Waals surface area contributed by atoms with Gasteiger partial charge >= 0.3 is 5.69 Å². The van der Waals surface area contributed by atoms with E-state index in [1.807, 2.05) is 63.2 Å². The molecule has 3 heterocycles. The van der Waals surface area contributed by atoms with Gasteiger partial charge in [-0.15, -0.1) is 0 Å². The topological polar surface area (TPSA) is 85.9 Å². The molecule has 31 heavy (non-hydrogen) atoms. The second-order valence-electron chi connectivity index (χ2n) is 7.68. The second kappa shape index (κ2) is 7.12. The van der Waals surface area contributed by atoms with Gasteiger partial charge < -0.3 is 14.2 Å². The van der Waals surface area contributed by atoms with Gasteiger partial charge in [0.15, 0.2) is 0 Å². The summed E-state index contributed by atoms with van der Waals surface area (Å²) in [6.07, 6.45) is 1.71. The molecule has 0 spiro atoms. The van der Waals surface area contributed by atoms with Gasteiger partial charge in [0.1, 0.15) is 11.5 Å². The zero-order chi connectivity index (χ0) is 21.7. The van der Waals surface area contributed by atoms with Crippen LogP contribution in [0.15, 0.2) is 58.0 Å². The molecule has 0 aliphatic carbocycles. The van der Waals surface area contributed by atoms with Crippen molar-refractivity contribution >= 4 is 21.9 Å². The van der Waals surface area contributed by atoms with E-state index in [4.69, 9.17) is 9.26 Å². The number of methoxy groups -OCH3 is 1. The van der Waals surface area contributed by atoms with Crippen LogP contribution in [0.25, 0.3) is 33.1 Å². The van der Waals surface area contributed by atoms with Crippen molar-refractivity contribution in [3.05, 3.63) is 76.2 Å². The van der Waals surface area contributed by atoms with E-state index in [0.29, 0.717) is 17.0 Å². The Bertz CT molecular complexity index is 1460. The number of aromatic nitrogens is 4. The summed E-state index contributed by atoms with van der Waals surface area (Å²) in [6.45, 7) is 5.80. The van der Waals surface area contributed by atoms with Crippen LogP contribution < -0.4 is 10.4 Å². The molecule has 5 rings (SSSR count). The number of pyridine rings is 1. The van der Waals surface area contributed by atoms with Gasteiger partial charge in [0, 0.05) is 10.9 Å². The SMILES string of the molecule is COc1cc2c(cc1-c1c(C)noc1C)ncc1[nH]c(=O)n([C@H](C)c3ccccc3)c12. The molecule has 0 saturated heterocycles. The predicted octanol–water partition coefficient (Wildman–Crippen LogP) is 4.77. The molecule has 2 aromatic carbocycles. The zero-order valence-electron chi connectivity index (χ0n) is 17.8. The molecule has 7 nitrogen and oxygen atoms in total. The summed E-state index contributed by atoms with van der Waals surface area (Å²) in [6, 6.07) is 13.7. The van der Waals surface area contributed by atoms with Gasteiger partial charge in [-0.1, -0.05) is 35.5 Å². The van der Waals surface area contributed by atoms with Crippen LogP contribution in [0.5, 0.6) is 5.75 Å². The fourth-order valence-corrected chi connectivity index (χ4v) is 4.32. The summed E-state index contributed by atoms with van der Waals surface area (Å²) in [4.78, 5) is 20.5. The highest BCUT2D eigenvalue weighted by Gasteiger charge is 2.21. The monoisotopic (exact) mass is 414 g/mol. The van der Waals surface area contributed by atoms with Gasteiger partial charge in [-0.2, -0.15) is 0 Å². The first-order valence-corrected chi connectivity index (χ1v) is 10.1. The Morgan fingerprint density at radius 3 is 2.61 bits per heavy atom. The first-order chi connectivity index (χ1) is 15.0. The summed E-state index contributed by atoms with van der Waals surface area (Å²) in [5.41, 5.74) is 5.67. The molecule has 0 aliphatic heterocycles. The number of aromatic amines is 1. The maximum atomic E-state index is 12.9. The number of imidazole rings is 1. The summed E-state index contributed by atoms with van der Waals surface area (Å²) >= 11 is 0. The van der Waals surface area contributed by atoms with Crippen molar-refractivity contribution in [1.29, 1.82) is 0 Å². The van der Waals surface area contributed by atoms with E-state index in [2.05, 4.69) is 15.1 Å². The first kappa shape index (κ1) is 19.1. The minimum atomic E-state index is -0.172. The van der Waals surface area contributed by atoms with E-state index in [-0.39, 0.29) is 11.7 Å². The number of benzene rings is 2. The van der Waals surface area contributed by atoms with E-state index >= 15 is 0 Å². The van der Waals surface area contributed by atoms with Gasteiger partial charge in [-0.25, -0.2) is 4.79 Å². The lowest BCUT2D eigenvalue weighted by atomic mass is 10.00. The molecule has 7 heteroatoms. The Morgan fingerprint density at radius 2 is 1.94 bits per heavy atom. The van der Waals surface area contributed by atoms with Crippen LogP contribution in [-0.2, 0) is 0 Å². The number of aryl methyl sites for hydroxylation is 2. The summed E-state index contributed by atoms with van der Waals surface area (Å²) in [5.74, 6) is 1.39. The van der Waals surface area contributed by atoms with Gasteiger partial charge in [-0.3, -0.25) is 9.55 Å². The van der Waals surface area contributed by atoms with E-state index in [1.54, 1.807) is 17.9 Å². The number of fused-ring (bicyclic) bond motifs is 3. The number of hydrogen-bond donors (Lipinski definition) is 1. The normalized spacial score (nSPS) is 12.5. The molecule has 1 N–H and O–H groups in total. The molecule has 0 amide bonds. The predicted molar refractivity (Wildman–Crippen MR) is 120 cm³/mol. The molecule has 0 radical (unpaired) electrons. The van der Waals surface area contributed by atoms with E-state index < -0.39 is 0 Å². The second-order valence-corrected chi connectivity index (χ2v) is 7.68. The zero-order valence-corrected chi connectivity index (χ0v) is 17.8. The average Bonchev–Trinajstić information content (AvgIpc) is 3.30. The Labute approximate surface area is 178 Å². The molecular weight excluding hydrogens is 392 g/mol. The van der Waals surface area contributed by atoms with Crippen molar-refractivity contribution in [3.8, 4) is 16.9 Å². The number of nitrogens with zero attached hydrogens (tertiary/aromatic N) is 3. The Morgan fingerprint density at radius 1 is 1.16 bits per heavy atom. The molecule has 0 fully saturated rings. The lowest BCUT2D eigenvalue weighted by molar-refractivity contribution is 0.393. The van der Waals surface area contributed by atoms with Crippen LogP contribution >= 0.6 is 0 Å². The number of nitrogens with one attached hydrogen (secondary N) is 1. The molecule has 1 atom stereocenters. The minimum absolute atomic E-state index is 0.152. The summed E-state index contributed by atoms with van der Waals surface area (Å²) < 4.78 is 12.9. The van der Waals surface area contributed by atoms with Crippen LogP contribution in [0.3, 0.4) is 0 Å². The third kappa shape index (κ3) is 2.92. The van der Waals surface area contributed by atoms with Crippen LogP contribution in [-0.4, -0.2) is 26.8 Å². The van der Waals surface area contributed by atoms with Crippen molar-refractivity contribution in [2.75, 3.05) is 7.11 Å². The molecule has 156 valence electrons. The molecule has 0 unspecified atom stereocenters. The third-order valence-electron chi connectivity index (χ3n) is 5.83.